The number of aromatic nitrogens is 3. The van der Waals surface area contributed by atoms with Crippen LogP contribution in [0.3, 0.4) is 0 Å². The number of benzene rings is 1. The van der Waals surface area contributed by atoms with Gasteiger partial charge < -0.3 is 10.1 Å². The fourth-order valence-electron chi connectivity index (χ4n) is 2.38. The van der Waals surface area contributed by atoms with Crippen LogP contribution in [0, 0.1) is 0 Å². The molecule has 0 spiro atoms. The van der Waals surface area contributed by atoms with Crippen LogP contribution < -0.4 is 10.1 Å². The minimum absolute atomic E-state index is 0.204. The zero-order valence-electron chi connectivity index (χ0n) is 11.1. The van der Waals surface area contributed by atoms with Crippen LogP contribution in [-0.4, -0.2) is 34.2 Å². The molecule has 1 N–H and O–H groups in total. The van der Waals surface area contributed by atoms with E-state index < -0.39 is 0 Å². The molecule has 0 amide bonds. The minimum Gasteiger partial charge on any atom is -0.488 e. The lowest BCUT2D eigenvalue weighted by Crippen LogP contribution is -2.31. The smallest absolute Gasteiger partial charge is 0.123 e. The van der Waals surface area contributed by atoms with E-state index in [0.717, 1.165) is 43.2 Å². The Morgan fingerprint density at radius 2 is 2.40 bits per heavy atom. The number of nitrogens with one attached hydrogen (secondary N) is 1. The van der Waals surface area contributed by atoms with Crippen LogP contribution in [0.4, 0.5) is 0 Å². The Morgan fingerprint density at radius 1 is 1.45 bits per heavy atom. The van der Waals surface area contributed by atoms with Crippen molar-refractivity contribution in [2.75, 3.05) is 13.1 Å². The van der Waals surface area contributed by atoms with Crippen molar-refractivity contribution >= 4 is 11.6 Å². The largest absolute Gasteiger partial charge is 0.488 e. The first kappa shape index (κ1) is 13.4. The molecule has 20 heavy (non-hydrogen) atoms. The number of rotatable bonds is 6. The number of aryl methyl sites for hydroxylation is 1. The normalized spacial score (nSPS) is 16.9. The molecule has 0 radical (unpaired) electrons. The van der Waals surface area contributed by atoms with E-state index in [-0.39, 0.29) is 6.10 Å². The summed E-state index contributed by atoms with van der Waals surface area (Å²) in [6.45, 7) is 2.68. The summed E-state index contributed by atoms with van der Waals surface area (Å²) in [5, 5.41) is 11.9. The average molecular weight is 293 g/mol. The lowest BCUT2D eigenvalue weighted by Gasteiger charge is -2.11. The summed E-state index contributed by atoms with van der Waals surface area (Å²) in [7, 11) is 0. The van der Waals surface area contributed by atoms with Crippen molar-refractivity contribution in [1.29, 1.82) is 0 Å². The van der Waals surface area contributed by atoms with Gasteiger partial charge in [-0.1, -0.05) is 16.8 Å². The molecule has 0 aliphatic carbocycles. The summed E-state index contributed by atoms with van der Waals surface area (Å²) in [5.74, 6) is 0.962. The molecule has 0 saturated heterocycles. The van der Waals surface area contributed by atoms with E-state index in [0.29, 0.717) is 0 Å². The SMILES string of the molecule is Clc1ccc2c(c1)CC(CNCCCn1ccnn1)O2. The third kappa shape index (κ3) is 3.29. The number of fused-ring (bicyclic) bond motifs is 1. The topological polar surface area (TPSA) is 52.0 Å². The predicted octanol–water partition coefficient (Wildman–Crippen LogP) is 1.91. The van der Waals surface area contributed by atoms with Crippen molar-refractivity contribution < 1.29 is 4.74 Å². The second-order valence-electron chi connectivity index (χ2n) is 4.92. The van der Waals surface area contributed by atoms with Gasteiger partial charge in [-0.25, -0.2) is 0 Å². The molecule has 5 nitrogen and oxygen atoms in total. The summed E-state index contributed by atoms with van der Waals surface area (Å²) in [6, 6.07) is 5.80. The van der Waals surface area contributed by atoms with Gasteiger partial charge in [0.05, 0.1) is 6.20 Å². The summed E-state index contributed by atoms with van der Waals surface area (Å²) >= 11 is 5.98. The monoisotopic (exact) mass is 292 g/mol. The predicted molar refractivity (Wildman–Crippen MR) is 77.1 cm³/mol. The molecule has 2 heterocycles. The first-order valence-corrected chi connectivity index (χ1v) is 7.19. The molecule has 106 valence electrons. The molecule has 1 aliphatic heterocycles. The van der Waals surface area contributed by atoms with Crippen LogP contribution >= 0.6 is 11.6 Å². The maximum absolute atomic E-state index is 5.98. The molecule has 3 rings (SSSR count). The number of ether oxygens (including phenoxy) is 1. The maximum Gasteiger partial charge on any atom is 0.123 e. The van der Waals surface area contributed by atoms with Gasteiger partial charge in [0.25, 0.3) is 0 Å². The van der Waals surface area contributed by atoms with E-state index in [1.54, 1.807) is 6.20 Å². The summed E-state index contributed by atoms with van der Waals surface area (Å²) in [4.78, 5) is 0. The summed E-state index contributed by atoms with van der Waals surface area (Å²) in [5.41, 5.74) is 1.20. The zero-order chi connectivity index (χ0) is 13.8. The van der Waals surface area contributed by atoms with Crippen molar-refractivity contribution in [3.63, 3.8) is 0 Å². The maximum atomic E-state index is 5.98. The van der Waals surface area contributed by atoms with Crippen molar-refractivity contribution in [3.05, 3.63) is 41.2 Å². The standard InChI is InChI=1S/C14H17ClN4O/c15-12-2-3-14-11(8-12)9-13(20-14)10-16-4-1-6-19-7-5-17-18-19/h2-3,5,7-8,13,16H,1,4,6,9-10H2. The minimum atomic E-state index is 0.204. The zero-order valence-corrected chi connectivity index (χ0v) is 11.9. The molecule has 0 fully saturated rings. The summed E-state index contributed by atoms with van der Waals surface area (Å²) in [6.07, 6.45) is 5.72. The lowest BCUT2D eigenvalue weighted by atomic mass is 10.1. The highest BCUT2D eigenvalue weighted by Gasteiger charge is 2.22. The van der Waals surface area contributed by atoms with E-state index in [1.165, 1.54) is 5.56 Å². The molecule has 6 heteroatoms. The van der Waals surface area contributed by atoms with Gasteiger partial charge in [-0.3, -0.25) is 4.68 Å². The lowest BCUT2D eigenvalue weighted by molar-refractivity contribution is 0.227. The highest BCUT2D eigenvalue weighted by atomic mass is 35.5. The van der Waals surface area contributed by atoms with Crippen molar-refractivity contribution in [3.8, 4) is 5.75 Å². The van der Waals surface area contributed by atoms with Crippen molar-refractivity contribution in [2.45, 2.75) is 25.5 Å². The van der Waals surface area contributed by atoms with Crippen LogP contribution in [0.1, 0.15) is 12.0 Å². The van der Waals surface area contributed by atoms with Gasteiger partial charge in [-0.05, 0) is 36.7 Å². The van der Waals surface area contributed by atoms with Gasteiger partial charge in [0, 0.05) is 30.7 Å². The van der Waals surface area contributed by atoms with Crippen LogP contribution in [0.2, 0.25) is 5.02 Å². The second kappa shape index (κ2) is 6.24. The van der Waals surface area contributed by atoms with Gasteiger partial charge in [0.15, 0.2) is 0 Å². The molecule has 1 unspecified atom stereocenters. The highest BCUT2D eigenvalue weighted by molar-refractivity contribution is 6.30. The number of halogens is 1. The molecule has 1 aromatic carbocycles. The van der Waals surface area contributed by atoms with Crippen LogP contribution in [0.25, 0.3) is 0 Å². The Labute approximate surface area is 122 Å². The fraction of sp³-hybridized carbons (Fsp3) is 0.429. The molecule has 1 aromatic heterocycles. The quantitative estimate of drug-likeness (QED) is 0.827. The van der Waals surface area contributed by atoms with Gasteiger partial charge in [-0.2, -0.15) is 0 Å². The van der Waals surface area contributed by atoms with Crippen LogP contribution in [0.15, 0.2) is 30.6 Å². The average Bonchev–Trinajstić information content (AvgIpc) is 3.06. The van der Waals surface area contributed by atoms with Gasteiger partial charge in [0.2, 0.25) is 0 Å². The van der Waals surface area contributed by atoms with E-state index in [4.69, 9.17) is 16.3 Å². The molecular weight excluding hydrogens is 276 g/mol. The van der Waals surface area contributed by atoms with Crippen LogP contribution in [0.5, 0.6) is 5.75 Å². The van der Waals surface area contributed by atoms with E-state index >= 15 is 0 Å². The Morgan fingerprint density at radius 3 is 3.25 bits per heavy atom. The Balaban J connectivity index is 1.36. The van der Waals surface area contributed by atoms with Gasteiger partial charge >= 0.3 is 0 Å². The van der Waals surface area contributed by atoms with Crippen molar-refractivity contribution in [1.82, 2.24) is 20.3 Å². The number of hydrogen-bond acceptors (Lipinski definition) is 4. The molecule has 1 atom stereocenters. The third-order valence-electron chi connectivity index (χ3n) is 3.35. The molecule has 0 saturated carbocycles. The third-order valence-corrected chi connectivity index (χ3v) is 3.58. The van der Waals surface area contributed by atoms with E-state index in [1.807, 2.05) is 29.1 Å². The number of hydrogen-bond donors (Lipinski definition) is 1. The highest BCUT2D eigenvalue weighted by Crippen LogP contribution is 2.30. The Hall–Kier alpha value is -1.59. The van der Waals surface area contributed by atoms with E-state index in [2.05, 4.69) is 15.6 Å². The first-order chi connectivity index (χ1) is 9.81. The molecule has 0 bridgehead atoms. The van der Waals surface area contributed by atoms with E-state index in [9.17, 15) is 0 Å². The summed E-state index contributed by atoms with van der Waals surface area (Å²) < 4.78 is 7.70. The molecule has 2 aromatic rings. The van der Waals surface area contributed by atoms with Crippen molar-refractivity contribution in [2.24, 2.45) is 0 Å². The Kier molecular flexibility index (Phi) is 4.18. The second-order valence-corrected chi connectivity index (χ2v) is 5.36. The van der Waals surface area contributed by atoms with Crippen LogP contribution in [-0.2, 0) is 13.0 Å². The molecular formula is C14H17ClN4O. The van der Waals surface area contributed by atoms with Gasteiger partial charge in [0.1, 0.15) is 11.9 Å². The fourth-order valence-corrected chi connectivity index (χ4v) is 2.58. The van der Waals surface area contributed by atoms with Gasteiger partial charge in [-0.15, -0.1) is 5.10 Å². The molecule has 1 aliphatic rings. The number of nitrogens with zero attached hydrogens (tertiary/aromatic N) is 3. The Bertz CT molecular complexity index is 558. The first-order valence-electron chi connectivity index (χ1n) is 6.81.